The van der Waals surface area contributed by atoms with Gasteiger partial charge in [0.15, 0.2) is 0 Å². The van der Waals surface area contributed by atoms with E-state index in [9.17, 15) is 4.79 Å². The van der Waals surface area contributed by atoms with Gasteiger partial charge in [0.25, 0.3) is 0 Å². The van der Waals surface area contributed by atoms with Gasteiger partial charge in [-0.3, -0.25) is 4.79 Å². The van der Waals surface area contributed by atoms with Crippen molar-refractivity contribution in [2.75, 3.05) is 26.7 Å². The fourth-order valence-electron chi connectivity index (χ4n) is 2.07. The molecule has 0 aromatic heterocycles. The average Bonchev–Trinajstić information content (AvgIpc) is 2.19. The molecule has 1 saturated heterocycles. The molecule has 1 aliphatic rings. The summed E-state index contributed by atoms with van der Waals surface area (Å²) in [6.07, 6.45) is 1.18. The van der Waals surface area contributed by atoms with Crippen molar-refractivity contribution in [2.24, 2.45) is 11.8 Å². The number of aliphatic carboxylic acids is 1. The highest BCUT2D eigenvalue weighted by molar-refractivity contribution is 5.73. The van der Waals surface area contributed by atoms with Crippen LogP contribution in [0, 0.1) is 11.8 Å². The van der Waals surface area contributed by atoms with E-state index < -0.39 is 12.0 Å². The van der Waals surface area contributed by atoms with Crippen LogP contribution in [0.2, 0.25) is 0 Å². The van der Waals surface area contributed by atoms with Crippen LogP contribution in [0.3, 0.4) is 0 Å². The van der Waals surface area contributed by atoms with Crippen molar-refractivity contribution >= 4 is 5.97 Å². The first-order valence-corrected chi connectivity index (χ1v) is 5.67. The third-order valence-electron chi connectivity index (χ3n) is 3.51. The summed E-state index contributed by atoms with van der Waals surface area (Å²) >= 11 is 0. The topological polar surface area (TPSA) is 52.6 Å². The smallest absolute Gasteiger partial charge is 0.322 e. The zero-order valence-electron chi connectivity index (χ0n) is 9.86. The number of carboxylic acid groups (broad SMARTS) is 1. The summed E-state index contributed by atoms with van der Waals surface area (Å²) < 4.78 is 0. The monoisotopic (exact) mass is 214 g/mol. The molecule has 3 atom stereocenters. The summed E-state index contributed by atoms with van der Waals surface area (Å²) in [4.78, 5) is 13.1. The highest BCUT2D eigenvalue weighted by atomic mass is 16.4. The zero-order chi connectivity index (χ0) is 11.4. The average molecular weight is 214 g/mol. The number of nitrogens with one attached hydrogen (secondary N) is 1. The largest absolute Gasteiger partial charge is 0.480 e. The molecule has 0 bridgehead atoms. The van der Waals surface area contributed by atoms with Crippen molar-refractivity contribution in [3.63, 3.8) is 0 Å². The van der Waals surface area contributed by atoms with E-state index >= 15 is 0 Å². The number of likely N-dealkylation sites (tertiary alicyclic amines) is 1. The number of piperidine rings is 1. The SMILES string of the molecule is CNC(CN1CCC(C)C(C)C1)C(=O)O. The predicted molar refractivity (Wildman–Crippen MR) is 59.9 cm³/mol. The molecule has 0 aliphatic carbocycles. The Morgan fingerprint density at radius 3 is 2.67 bits per heavy atom. The second-order valence-electron chi connectivity index (χ2n) is 4.68. The summed E-state index contributed by atoms with van der Waals surface area (Å²) in [5.74, 6) is 0.674. The van der Waals surface area contributed by atoms with E-state index in [1.54, 1.807) is 7.05 Å². The molecule has 0 spiro atoms. The van der Waals surface area contributed by atoms with Crippen molar-refractivity contribution in [1.82, 2.24) is 10.2 Å². The number of rotatable bonds is 4. The number of hydrogen-bond donors (Lipinski definition) is 2. The molecule has 1 fully saturated rings. The molecule has 4 heteroatoms. The zero-order valence-corrected chi connectivity index (χ0v) is 9.86. The standard InChI is InChI=1S/C11H22N2O2/c1-8-4-5-13(6-9(8)2)7-10(12-3)11(14)15/h8-10,12H,4-7H2,1-3H3,(H,14,15). The minimum atomic E-state index is -0.760. The van der Waals surface area contributed by atoms with Crippen LogP contribution >= 0.6 is 0 Å². The van der Waals surface area contributed by atoms with Gasteiger partial charge in [0, 0.05) is 13.1 Å². The van der Waals surface area contributed by atoms with Gasteiger partial charge in [0.2, 0.25) is 0 Å². The van der Waals surface area contributed by atoms with Crippen molar-refractivity contribution in [3.05, 3.63) is 0 Å². The van der Waals surface area contributed by atoms with Crippen LogP contribution in [0.25, 0.3) is 0 Å². The lowest BCUT2D eigenvalue weighted by atomic mass is 9.88. The van der Waals surface area contributed by atoms with E-state index in [2.05, 4.69) is 24.1 Å². The number of nitrogens with zero attached hydrogens (tertiary/aromatic N) is 1. The predicted octanol–water partition coefficient (Wildman–Crippen LogP) is 0.637. The minimum absolute atomic E-state index is 0.439. The van der Waals surface area contributed by atoms with Crippen LogP contribution in [0.4, 0.5) is 0 Å². The maximum atomic E-state index is 10.9. The van der Waals surface area contributed by atoms with Gasteiger partial charge >= 0.3 is 5.97 Å². The molecule has 0 radical (unpaired) electrons. The van der Waals surface area contributed by atoms with E-state index in [-0.39, 0.29) is 0 Å². The summed E-state index contributed by atoms with van der Waals surface area (Å²) in [5.41, 5.74) is 0. The van der Waals surface area contributed by atoms with Gasteiger partial charge in [-0.05, 0) is 31.8 Å². The maximum absolute atomic E-state index is 10.9. The Morgan fingerprint density at radius 2 is 2.20 bits per heavy atom. The molecule has 2 N–H and O–H groups in total. The Bertz CT molecular complexity index is 221. The van der Waals surface area contributed by atoms with Crippen LogP contribution in [-0.4, -0.2) is 48.7 Å². The summed E-state index contributed by atoms with van der Waals surface area (Å²) in [6, 6.07) is -0.439. The Labute approximate surface area is 91.6 Å². The van der Waals surface area contributed by atoms with E-state index in [4.69, 9.17) is 5.11 Å². The Hall–Kier alpha value is -0.610. The number of carbonyl (C=O) groups is 1. The Morgan fingerprint density at radius 1 is 1.53 bits per heavy atom. The third-order valence-corrected chi connectivity index (χ3v) is 3.51. The van der Waals surface area contributed by atoms with E-state index in [0.717, 1.165) is 19.0 Å². The molecule has 1 heterocycles. The van der Waals surface area contributed by atoms with Crippen molar-refractivity contribution < 1.29 is 9.90 Å². The molecule has 0 aromatic carbocycles. The second-order valence-corrected chi connectivity index (χ2v) is 4.68. The van der Waals surface area contributed by atoms with Gasteiger partial charge in [-0.2, -0.15) is 0 Å². The second kappa shape index (κ2) is 5.47. The van der Waals surface area contributed by atoms with Gasteiger partial charge in [0.05, 0.1) is 0 Å². The highest BCUT2D eigenvalue weighted by Gasteiger charge is 2.26. The summed E-state index contributed by atoms with van der Waals surface area (Å²) in [7, 11) is 1.70. The first-order valence-electron chi connectivity index (χ1n) is 5.67. The quantitative estimate of drug-likeness (QED) is 0.721. The summed E-state index contributed by atoms with van der Waals surface area (Å²) in [5, 5.41) is 11.8. The van der Waals surface area contributed by atoms with Crippen LogP contribution in [-0.2, 0) is 4.79 Å². The fourth-order valence-corrected chi connectivity index (χ4v) is 2.07. The summed E-state index contributed by atoms with van der Waals surface area (Å²) in [6.45, 7) is 7.17. The van der Waals surface area contributed by atoms with Gasteiger partial charge in [0.1, 0.15) is 6.04 Å². The molecule has 3 unspecified atom stereocenters. The number of likely N-dealkylation sites (N-methyl/N-ethyl adjacent to an activating group) is 1. The van der Waals surface area contributed by atoms with E-state index in [1.165, 1.54) is 6.42 Å². The molecule has 0 saturated carbocycles. The van der Waals surface area contributed by atoms with Gasteiger partial charge in [-0.25, -0.2) is 0 Å². The molecular weight excluding hydrogens is 192 g/mol. The normalized spacial score (nSPS) is 30.1. The molecule has 4 nitrogen and oxygen atoms in total. The molecule has 1 aliphatic heterocycles. The lowest BCUT2D eigenvalue weighted by molar-refractivity contribution is -0.140. The Kier molecular flexibility index (Phi) is 4.54. The van der Waals surface area contributed by atoms with Crippen LogP contribution < -0.4 is 5.32 Å². The van der Waals surface area contributed by atoms with Crippen molar-refractivity contribution in [3.8, 4) is 0 Å². The van der Waals surface area contributed by atoms with Crippen LogP contribution in [0.5, 0.6) is 0 Å². The van der Waals surface area contributed by atoms with Crippen molar-refractivity contribution in [2.45, 2.75) is 26.3 Å². The van der Waals surface area contributed by atoms with Crippen LogP contribution in [0.1, 0.15) is 20.3 Å². The van der Waals surface area contributed by atoms with Gasteiger partial charge in [-0.1, -0.05) is 13.8 Å². The highest BCUT2D eigenvalue weighted by Crippen LogP contribution is 2.22. The lowest BCUT2D eigenvalue weighted by Crippen LogP contribution is -2.48. The molecule has 15 heavy (non-hydrogen) atoms. The molecule has 0 aromatic rings. The molecular formula is C11H22N2O2. The first-order chi connectivity index (χ1) is 7.04. The fraction of sp³-hybridized carbons (Fsp3) is 0.909. The maximum Gasteiger partial charge on any atom is 0.322 e. The molecule has 1 rings (SSSR count). The minimum Gasteiger partial charge on any atom is -0.480 e. The van der Waals surface area contributed by atoms with Gasteiger partial charge in [-0.15, -0.1) is 0 Å². The third kappa shape index (κ3) is 3.47. The first kappa shape index (κ1) is 12.5. The van der Waals surface area contributed by atoms with Gasteiger partial charge < -0.3 is 15.3 Å². The molecule has 0 amide bonds. The Balaban J connectivity index is 2.42. The van der Waals surface area contributed by atoms with E-state index in [1.807, 2.05) is 0 Å². The number of carboxylic acids is 1. The molecule has 88 valence electrons. The van der Waals surface area contributed by atoms with Crippen LogP contribution in [0.15, 0.2) is 0 Å². The number of hydrogen-bond acceptors (Lipinski definition) is 3. The lowest BCUT2D eigenvalue weighted by Gasteiger charge is -2.36. The van der Waals surface area contributed by atoms with Crippen molar-refractivity contribution in [1.29, 1.82) is 0 Å². The van der Waals surface area contributed by atoms with E-state index in [0.29, 0.717) is 12.5 Å².